The lowest BCUT2D eigenvalue weighted by molar-refractivity contribution is -0.136. The summed E-state index contributed by atoms with van der Waals surface area (Å²) in [5.74, 6) is -0.865. The van der Waals surface area contributed by atoms with E-state index in [9.17, 15) is 4.79 Å². The molecule has 3 aromatic rings. The van der Waals surface area contributed by atoms with Crippen LogP contribution in [-0.2, 0) is 11.2 Å². The average Bonchev–Trinajstić information content (AvgIpc) is 2.89. The third-order valence-electron chi connectivity index (χ3n) is 2.73. The second-order valence-corrected chi connectivity index (χ2v) is 5.84. The van der Waals surface area contributed by atoms with Gasteiger partial charge >= 0.3 is 5.97 Å². The second-order valence-electron chi connectivity index (χ2n) is 4.08. The van der Waals surface area contributed by atoms with Crippen molar-refractivity contribution in [3.05, 3.63) is 46.0 Å². The molecule has 0 amide bonds. The van der Waals surface area contributed by atoms with Gasteiger partial charge in [0.1, 0.15) is 0 Å². The standard InChI is InChI=1S/C13H9BrN2O2S/c14-9-3-1-8(2-4-9)11-7-19-13-15-10(5-12(17)18)6-16(11)13/h1-4,6-7H,5H2,(H,17,18). The lowest BCUT2D eigenvalue weighted by Crippen LogP contribution is -1.99. The van der Waals surface area contributed by atoms with Crippen molar-refractivity contribution < 1.29 is 9.90 Å². The smallest absolute Gasteiger partial charge is 0.309 e. The number of aliphatic carboxylic acids is 1. The summed E-state index contributed by atoms with van der Waals surface area (Å²) in [4.78, 5) is 15.8. The molecular formula is C13H9BrN2O2S. The number of aromatic nitrogens is 2. The van der Waals surface area contributed by atoms with Gasteiger partial charge in [-0.15, -0.1) is 11.3 Å². The Labute approximate surface area is 121 Å². The number of fused-ring (bicyclic) bond motifs is 1. The van der Waals surface area contributed by atoms with Crippen LogP contribution in [0.3, 0.4) is 0 Å². The van der Waals surface area contributed by atoms with Gasteiger partial charge in [-0.05, 0) is 17.7 Å². The highest BCUT2D eigenvalue weighted by molar-refractivity contribution is 9.10. The van der Waals surface area contributed by atoms with E-state index in [0.29, 0.717) is 5.69 Å². The van der Waals surface area contributed by atoms with Gasteiger partial charge in [-0.1, -0.05) is 28.1 Å². The first-order valence-electron chi connectivity index (χ1n) is 5.56. The predicted octanol–water partition coefficient (Wildman–Crippen LogP) is 3.45. The molecule has 0 unspecified atom stereocenters. The third-order valence-corrected chi connectivity index (χ3v) is 4.10. The van der Waals surface area contributed by atoms with Crippen molar-refractivity contribution in [2.45, 2.75) is 6.42 Å². The highest BCUT2D eigenvalue weighted by Crippen LogP contribution is 2.27. The van der Waals surface area contributed by atoms with Crippen LogP contribution in [0.2, 0.25) is 0 Å². The fourth-order valence-electron chi connectivity index (χ4n) is 1.90. The van der Waals surface area contributed by atoms with Crippen molar-refractivity contribution in [3.63, 3.8) is 0 Å². The number of imidazole rings is 1. The van der Waals surface area contributed by atoms with Gasteiger partial charge in [0.05, 0.1) is 17.8 Å². The van der Waals surface area contributed by atoms with Crippen molar-refractivity contribution in [1.82, 2.24) is 9.38 Å². The second kappa shape index (κ2) is 4.79. The molecule has 1 N–H and O–H groups in total. The van der Waals surface area contributed by atoms with Gasteiger partial charge in [-0.3, -0.25) is 9.20 Å². The van der Waals surface area contributed by atoms with Crippen LogP contribution >= 0.6 is 27.3 Å². The molecule has 0 atom stereocenters. The van der Waals surface area contributed by atoms with E-state index >= 15 is 0 Å². The lowest BCUT2D eigenvalue weighted by atomic mass is 10.2. The van der Waals surface area contributed by atoms with Gasteiger partial charge in [-0.25, -0.2) is 4.98 Å². The van der Waals surface area contributed by atoms with Crippen LogP contribution in [0, 0.1) is 0 Å². The van der Waals surface area contributed by atoms with Crippen molar-refractivity contribution in [3.8, 4) is 11.3 Å². The number of carbonyl (C=O) groups is 1. The molecule has 0 radical (unpaired) electrons. The zero-order valence-corrected chi connectivity index (χ0v) is 12.1. The summed E-state index contributed by atoms with van der Waals surface area (Å²) in [5, 5.41) is 10.8. The van der Waals surface area contributed by atoms with E-state index in [2.05, 4.69) is 20.9 Å². The first-order chi connectivity index (χ1) is 9.13. The van der Waals surface area contributed by atoms with Crippen molar-refractivity contribution in [1.29, 1.82) is 0 Å². The Kier molecular flexibility index (Phi) is 3.12. The van der Waals surface area contributed by atoms with Crippen LogP contribution in [0.25, 0.3) is 16.2 Å². The Bertz CT molecular complexity index is 746. The number of nitrogens with zero attached hydrogens (tertiary/aromatic N) is 2. The molecule has 6 heteroatoms. The maximum Gasteiger partial charge on any atom is 0.309 e. The van der Waals surface area contributed by atoms with Gasteiger partial charge in [0.25, 0.3) is 0 Å². The Morgan fingerprint density at radius 2 is 2.11 bits per heavy atom. The van der Waals surface area contributed by atoms with Crippen molar-refractivity contribution >= 4 is 38.2 Å². The molecule has 0 saturated carbocycles. The minimum Gasteiger partial charge on any atom is -0.481 e. The van der Waals surface area contributed by atoms with Gasteiger partial charge in [-0.2, -0.15) is 0 Å². The quantitative estimate of drug-likeness (QED) is 0.796. The number of benzene rings is 1. The van der Waals surface area contributed by atoms with Gasteiger partial charge < -0.3 is 5.11 Å². The minimum atomic E-state index is -0.865. The Balaban J connectivity index is 2.06. The average molecular weight is 337 g/mol. The zero-order valence-electron chi connectivity index (χ0n) is 9.71. The number of carboxylic acid groups (broad SMARTS) is 1. The van der Waals surface area contributed by atoms with E-state index in [1.807, 2.05) is 34.0 Å². The van der Waals surface area contributed by atoms with Crippen LogP contribution in [0.1, 0.15) is 5.69 Å². The summed E-state index contributed by atoms with van der Waals surface area (Å²) in [5.41, 5.74) is 2.68. The van der Waals surface area contributed by atoms with E-state index in [1.165, 1.54) is 11.3 Å². The Morgan fingerprint density at radius 1 is 1.37 bits per heavy atom. The van der Waals surface area contributed by atoms with Gasteiger partial charge in [0.2, 0.25) is 0 Å². The number of hydrogen-bond donors (Lipinski definition) is 1. The molecule has 0 saturated heterocycles. The zero-order chi connectivity index (χ0) is 13.4. The monoisotopic (exact) mass is 336 g/mol. The fourth-order valence-corrected chi connectivity index (χ4v) is 3.06. The Morgan fingerprint density at radius 3 is 2.79 bits per heavy atom. The fraction of sp³-hybridized carbons (Fsp3) is 0.0769. The summed E-state index contributed by atoms with van der Waals surface area (Å²) in [6.45, 7) is 0. The molecule has 4 nitrogen and oxygen atoms in total. The van der Waals surface area contributed by atoms with Gasteiger partial charge in [0, 0.05) is 16.0 Å². The maximum absolute atomic E-state index is 10.7. The lowest BCUT2D eigenvalue weighted by Gasteiger charge is -1.99. The molecule has 0 fully saturated rings. The Hall–Kier alpha value is -1.66. The molecule has 0 bridgehead atoms. The molecular weight excluding hydrogens is 328 g/mol. The van der Waals surface area contributed by atoms with E-state index < -0.39 is 5.97 Å². The van der Waals surface area contributed by atoms with Crippen LogP contribution in [0.4, 0.5) is 0 Å². The highest BCUT2D eigenvalue weighted by Gasteiger charge is 2.11. The van der Waals surface area contributed by atoms with Crippen molar-refractivity contribution in [2.75, 3.05) is 0 Å². The number of carboxylic acids is 1. The first-order valence-corrected chi connectivity index (χ1v) is 7.24. The maximum atomic E-state index is 10.7. The normalized spacial score (nSPS) is 11.0. The first kappa shape index (κ1) is 12.4. The number of halogens is 1. The summed E-state index contributed by atoms with van der Waals surface area (Å²) >= 11 is 4.92. The highest BCUT2D eigenvalue weighted by atomic mass is 79.9. The molecule has 0 spiro atoms. The molecule has 19 heavy (non-hydrogen) atoms. The molecule has 0 aliphatic carbocycles. The van der Waals surface area contributed by atoms with Crippen LogP contribution in [0.5, 0.6) is 0 Å². The number of hydrogen-bond acceptors (Lipinski definition) is 3. The van der Waals surface area contributed by atoms with Crippen LogP contribution in [0.15, 0.2) is 40.3 Å². The molecule has 0 aliphatic heterocycles. The minimum absolute atomic E-state index is 0.0474. The van der Waals surface area contributed by atoms with E-state index in [1.54, 1.807) is 6.20 Å². The molecule has 0 aliphatic rings. The summed E-state index contributed by atoms with van der Waals surface area (Å²) < 4.78 is 2.96. The largest absolute Gasteiger partial charge is 0.481 e. The third kappa shape index (κ3) is 2.41. The topological polar surface area (TPSA) is 54.6 Å². The molecule has 3 rings (SSSR count). The van der Waals surface area contributed by atoms with E-state index in [0.717, 1.165) is 20.7 Å². The van der Waals surface area contributed by atoms with E-state index in [4.69, 9.17) is 5.11 Å². The summed E-state index contributed by atoms with van der Waals surface area (Å²) in [6, 6.07) is 7.99. The molecule has 96 valence electrons. The van der Waals surface area contributed by atoms with Crippen LogP contribution in [-0.4, -0.2) is 20.5 Å². The van der Waals surface area contributed by atoms with Gasteiger partial charge in [0.15, 0.2) is 4.96 Å². The summed E-state index contributed by atoms with van der Waals surface area (Å²) in [7, 11) is 0. The molecule has 1 aromatic carbocycles. The SMILES string of the molecule is O=C(O)Cc1cn2c(-c3ccc(Br)cc3)csc2n1. The van der Waals surface area contributed by atoms with E-state index in [-0.39, 0.29) is 6.42 Å². The van der Waals surface area contributed by atoms with Crippen LogP contribution < -0.4 is 0 Å². The van der Waals surface area contributed by atoms with Crippen molar-refractivity contribution in [2.24, 2.45) is 0 Å². The summed E-state index contributed by atoms with van der Waals surface area (Å²) in [6.07, 6.45) is 1.74. The molecule has 2 heterocycles. The predicted molar refractivity (Wildman–Crippen MR) is 77.5 cm³/mol. The molecule has 2 aromatic heterocycles. The number of thiazole rings is 1. The number of rotatable bonds is 3.